The molecular weight excluding hydrogens is 472 g/mol. The van der Waals surface area contributed by atoms with Crippen molar-refractivity contribution < 1.29 is 48.4 Å². The number of aliphatic carboxylic acids is 2. The molecule has 2 atom stereocenters. The van der Waals surface area contributed by atoms with Gasteiger partial charge in [-0.25, -0.2) is 4.79 Å². The van der Waals surface area contributed by atoms with Crippen molar-refractivity contribution in [2.24, 2.45) is 16.7 Å². The van der Waals surface area contributed by atoms with Crippen LogP contribution in [0.5, 0.6) is 0 Å². The summed E-state index contributed by atoms with van der Waals surface area (Å²) in [5.74, 6) is -4.81. The largest absolute Gasteiger partial charge is 0.481 e. The van der Waals surface area contributed by atoms with E-state index in [-0.39, 0.29) is 11.5 Å². The second-order valence-corrected chi connectivity index (χ2v) is 12.0. The van der Waals surface area contributed by atoms with Gasteiger partial charge in [0.1, 0.15) is 29.6 Å². The van der Waals surface area contributed by atoms with Crippen LogP contribution in [0.4, 0.5) is 0 Å². The van der Waals surface area contributed by atoms with E-state index in [9.17, 15) is 24.0 Å². The molecule has 10 heteroatoms. The summed E-state index contributed by atoms with van der Waals surface area (Å²) < 4.78 is 17.6. The third kappa shape index (κ3) is 4.99. The smallest absolute Gasteiger partial charge is 0.333 e. The van der Waals surface area contributed by atoms with Gasteiger partial charge in [-0.3, -0.25) is 19.2 Å². The van der Waals surface area contributed by atoms with E-state index in [1.54, 1.807) is 34.6 Å². The van der Waals surface area contributed by atoms with Gasteiger partial charge in [-0.05, 0) is 79.1 Å². The second kappa shape index (κ2) is 8.88. The van der Waals surface area contributed by atoms with Crippen molar-refractivity contribution in [1.82, 2.24) is 0 Å². The molecule has 0 radical (unpaired) electrons. The van der Waals surface area contributed by atoms with Crippen LogP contribution in [-0.4, -0.2) is 56.9 Å². The van der Waals surface area contributed by atoms with Crippen LogP contribution in [0.25, 0.3) is 0 Å². The van der Waals surface area contributed by atoms with E-state index in [0.717, 1.165) is 0 Å². The van der Waals surface area contributed by atoms with Gasteiger partial charge in [0.25, 0.3) is 0 Å². The Morgan fingerprint density at radius 2 is 1.22 bits per heavy atom. The molecule has 0 aromatic carbocycles. The fraction of sp³-hybridized carbons (Fsp3) is 0.731. The summed E-state index contributed by atoms with van der Waals surface area (Å²) >= 11 is 0. The third-order valence-electron chi connectivity index (χ3n) is 8.56. The molecule has 0 spiro atoms. The van der Waals surface area contributed by atoms with Crippen molar-refractivity contribution in [2.75, 3.05) is 0 Å². The zero-order valence-electron chi connectivity index (χ0n) is 21.6. The number of hydrogen-bond acceptors (Lipinski definition) is 8. The number of ether oxygens (including phenoxy) is 3. The van der Waals surface area contributed by atoms with Crippen molar-refractivity contribution in [3.05, 3.63) is 12.2 Å². The molecule has 200 valence electrons. The normalized spacial score (nSPS) is 30.9. The number of rotatable bonds is 10. The molecule has 4 bridgehead atoms. The van der Waals surface area contributed by atoms with Crippen molar-refractivity contribution in [2.45, 2.75) is 103 Å². The Kier molecular flexibility index (Phi) is 6.83. The third-order valence-corrected chi connectivity index (χ3v) is 8.56. The molecule has 2 N–H and O–H groups in total. The molecule has 4 fully saturated rings. The van der Waals surface area contributed by atoms with E-state index >= 15 is 0 Å². The van der Waals surface area contributed by atoms with Crippen molar-refractivity contribution in [3.63, 3.8) is 0 Å². The Bertz CT molecular complexity index is 948. The van der Waals surface area contributed by atoms with Gasteiger partial charge in [0.2, 0.25) is 0 Å². The minimum absolute atomic E-state index is 0.0501. The Morgan fingerprint density at radius 1 is 0.806 bits per heavy atom. The maximum atomic E-state index is 12.7. The topological polar surface area (TPSA) is 154 Å². The molecule has 0 saturated heterocycles. The Labute approximate surface area is 210 Å². The van der Waals surface area contributed by atoms with E-state index in [1.165, 1.54) is 0 Å². The average molecular weight is 509 g/mol. The molecule has 0 aliphatic heterocycles. The minimum Gasteiger partial charge on any atom is -0.481 e. The molecule has 2 unspecified atom stereocenters. The van der Waals surface area contributed by atoms with Crippen LogP contribution in [0.2, 0.25) is 0 Å². The molecule has 0 aromatic rings. The zero-order chi connectivity index (χ0) is 27.3. The van der Waals surface area contributed by atoms with Crippen LogP contribution in [-0.2, 0) is 38.2 Å². The van der Waals surface area contributed by atoms with E-state index in [4.69, 9.17) is 24.4 Å². The number of hydrogen-bond donors (Lipinski definition) is 2. The Balaban J connectivity index is 2.05. The van der Waals surface area contributed by atoms with Gasteiger partial charge in [0.05, 0.1) is 0 Å². The standard InChI is InChI=1S/C26H36O10/c1-15(2)21(33)36-26-11-16-9-24(13-26,22(3,4)34-19(31)7-17(27)28)12-25(10-16,14-26)23(5,6)35-20(32)8-18(29)30/h16H,1,7-14H2,2-6H3,(H,27,28)(H,29,30). The Hall–Kier alpha value is -2.91. The van der Waals surface area contributed by atoms with E-state index < -0.39 is 70.3 Å². The van der Waals surface area contributed by atoms with Gasteiger partial charge in [-0.1, -0.05) is 6.58 Å². The maximum Gasteiger partial charge on any atom is 0.333 e. The van der Waals surface area contributed by atoms with Crippen molar-refractivity contribution in [3.8, 4) is 0 Å². The maximum absolute atomic E-state index is 12.7. The molecule has 4 saturated carbocycles. The van der Waals surface area contributed by atoms with Gasteiger partial charge >= 0.3 is 29.8 Å². The van der Waals surface area contributed by atoms with Crippen LogP contribution in [0.15, 0.2) is 12.2 Å². The highest BCUT2D eigenvalue weighted by Gasteiger charge is 2.72. The molecule has 0 amide bonds. The highest BCUT2D eigenvalue weighted by atomic mass is 16.6. The summed E-state index contributed by atoms with van der Waals surface area (Å²) in [7, 11) is 0. The average Bonchev–Trinajstić information content (AvgIpc) is 2.63. The van der Waals surface area contributed by atoms with Crippen molar-refractivity contribution in [1.29, 1.82) is 0 Å². The Morgan fingerprint density at radius 3 is 1.58 bits per heavy atom. The summed E-state index contributed by atoms with van der Waals surface area (Å²) in [5, 5.41) is 18.1. The van der Waals surface area contributed by atoms with Gasteiger partial charge in [0, 0.05) is 16.4 Å². The lowest BCUT2D eigenvalue weighted by atomic mass is 9.37. The fourth-order valence-corrected chi connectivity index (χ4v) is 7.19. The lowest BCUT2D eigenvalue weighted by Gasteiger charge is -2.71. The van der Waals surface area contributed by atoms with Crippen LogP contribution in [0, 0.1) is 16.7 Å². The molecule has 4 aliphatic carbocycles. The van der Waals surface area contributed by atoms with Gasteiger partial charge in [0.15, 0.2) is 0 Å². The predicted molar refractivity (Wildman–Crippen MR) is 125 cm³/mol. The highest BCUT2D eigenvalue weighted by Crippen LogP contribution is 2.73. The van der Waals surface area contributed by atoms with Crippen LogP contribution in [0.1, 0.15) is 86.0 Å². The summed E-state index contributed by atoms with van der Waals surface area (Å²) in [6, 6.07) is 0. The van der Waals surface area contributed by atoms with Gasteiger partial charge < -0.3 is 24.4 Å². The van der Waals surface area contributed by atoms with E-state index in [0.29, 0.717) is 38.5 Å². The molecule has 0 heterocycles. The first-order chi connectivity index (χ1) is 16.4. The van der Waals surface area contributed by atoms with Crippen molar-refractivity contribution >= 4 is 29.8 Å². The number of carbonyl (C=O) groups is 5. The number of carboxylic acids is 2. The number of carbonyl (C=O) groups excluding carboxylic acids is 3. The van der Waals surface area contributed by atoms with Crippen LogP contribution >= 0.6 is 0 Å². The molecular formula is C26H36O10. The molecule has 4 rings (SSSR count). The second-order valence-electron chi connectivity index (χ2n) is 12.0. The predicted octanol–water partition coefficient (Wildman–Crippen LogP) is 3.41. The monoisotopic (exact) mass is 508 g/mol. The fourth-order valence-electron chi connectivity index (χ4n) is 7.19. The molecule has 36 heavy (non-hydrogen) atoms. The minimum atomic E-state index is -1.30. The first-order valence-electron chi connectivity index (χ1n) is 12.1. The summed E-state index contributed by atoms with van der Waals surface area (Å²) in [6.45, 7) is 12.2. The summed E-state index contributed by atoms with van der Waals surface area (Å²) in [5.41, 5.74) is -4.33. The van der Waals surface area contributed by atoms with E-state index in [2.05, 4.69) is 6.58 Å². The SMILES string of the molecule is C=C(C)C(=O)OC12CC3CC(C(C)(C)OC(=O)CC(=O)O)(C1)CC(C(C)(C)OC(=O)CC(=O)O)(C3)C2. The number of esters is 3. The molecule has 10 nitrogen and oxygen atoms in total. The first kappa shape index (κ1) is 27.7. The van der Waals surface area contributed by atoms with Crippen LogP contribution < -0.4 is 0 Å². The quantitative estimate of drug-likeness (QED) is 0.194. The summed E-state index contributed by atoms with van der Waals surface area (Å²) in [4.78, 5) is 59.7. The molecule has 4 aliphatic rings. The van der Waals surface area contributed by atoms with Gasteiger partial charge in [-0.2, -0.15) is 0 Å². The highest BCUT2D eigenvalue weighted by molar-refractivity contribution is 5.91. The molecule has 0 aromatic heterocycles. The summed E-state index contributed by atoms with van der Waals surface area (Å²) in [6.07, 6.45) is 1.61. The van der Waals surface area contributed by atoms with Crippen LogP contribution in [0.3, 0.4) is 0 Å². The lowest BCUT2D eigenvalue weighted by molar-refractivity contribution is -0.290. The number of carboxylic acid groups (broad SMARTS) is 2. The first-order valence-corrected chi connectivity index (χ1v) is 12.1. The lowest BCUT2D eigenvalue weighted by Crippen LogP contribution is -2.71. The van der Waals surface area contributed by atoms with Gasteiger partial charge in [-0.15, -0.1) is 0 Å². The zero-order valence-corrected chi connectivity index (χ0v) is 21.6. The van der Waals surface area contributed by atoms with E-state index in [1.807, 2.05) is 0 Å².